The largest absolute Gasteiger partial charge is 0.504 e. The highest BCUT2D eigenvalue weighted by atomic mass is 16.5. The monoisotopic (exact) mass is 652 g/mol. The first kappa shape index (κ1) is 36.7. The molecule has 2 heterocycles. The van der Waals surface area contributed by atoms with Gasteiger partial charge >= 0.3 is 0 Å². The molecule has 0 radical (unpaired) electrons. The number of methoxy groups -OCH3 is 2. The van der Waals surface area contributed by atoms with Crippen LogP contribution in [0.1, 0.15) is 62.8 Å². The molecule has 260 valence electrons. The van der Waals surface area contributed by atoms with Crippen LogP contribution in [0.5, 0.6) is 23.0 Å². The number of piperazine rings is 2. The second-order valence-electron chi connectivity index (χ2n) is 13.5. The lowest BCUT2D eigenvalue weighted by atomic mass is 9.79. The van der Waals surface area contributed by atoms with Gasteiger partial charge in [-0.1, -0.05) is 26.0 Å². The number of ether oxygens (including phenoxy) is 2. The number of aromatic hydroxyl groups is 2. The standard InChI is InChI=1S/C37H56N4O6/c1-7-38-13-17-40(18-14-38)25-29-21-27(23-31(46-5)35(29)44)9-11-33(42)37(3,4)34(43)12-10-28-22-30(36(45)32(24-28)47-6)26-41-19-15-39(8-2)16-20-41/h21-24,44-45H,7-20,25-26H2,1-6H3. The molecule has 4 rings (SSSR count). The van der Waals surface area contributed by atoms with Gasteiger partial charge in [0, 0.05) is 89.4 Å². The van der Waals surface area contributed by atoms with E-state index in [-0.39, 0.29) is 35.9 Å². The number of nitrogens with zero attached hydrogens (tertiary/aromatic N) is 4. The normalized spacial score (nSPS) is 17.1. The summed E-state index contributed by atoms with van der Waals surface area (Å²) in [5.41, 5.74) is 2.25. The second kappa shape index (κ2) is 16.8. The van der Waals surface area contributed by atoms with Crippen molar-refractivity contribution in [3.05, 3.63) is 46.5 Å². The Morgan fingerprint density at radius 3 is 1.30 bits per heavy atom. The lowest BCUT2D eigenvalue weighted by molar-refractivity contribution is -0.138. The minimum absolute atomic E-state index is 0.109. The van der Waals surface area contributed by atoms with Gasteiger partial charge in [0.1, 0.15) is 11.6 Å². The van der Waals surface area contributed by atoms with Gasteiger partial charge in [-0.25, -0.2) is 0 Å². The van der Waals surface area contributed by atoms with Crippen molar-refractivity contribution < 1.29 is 29.3 Å². The Bertz CT molecular complexity index is 1260. The molecule has 0 spiro atoms. The van der Waals surface area contributed by atoms with E-state index in [1.807, 2.05) is 12.1 Å². The van der Waals surface area contributed by atoms with Gasteiger partial charge in [0.15, 0.2) is 23.0 Å². The Labute approximate surface area is 281 Å². The van der Waals surface area contributed by atoms with E-state index in [0.29, 0.717) is 37.4 Å². The Morgan fingerprint density at radius 1 is 0.638 bits per heavy atom. The summed E-state index contributed by atoms with van der Waals surface area (Å²) in [7, 11) is 3.07. The molecule has 0 unspecified atom stereocenters. The number of likely N-dealkylation sites (N-methyl/N-ethyl adjacent to an activating group) is 2. The number of hydrogen-bond donors (Lipinski definition) is 2. The third-order valence-electron chi connectivity index (χ3n) is 10.2. The maximum absolute atomic E-state index is 13.5. The highest BCUT2D eigenvalue weighted by Gasteiger charge is 2.34. The second-order valence-corrected chi connectivity index (χ2v) is 13.5. The van der Waals surface area contributed by atoms with Gasteiger partial charge in [-0.3, -0.25) is 19.4 Å². The van der Waals surface area contributed by atoms with E-state index in [4.69, 9.17) is 9.47 Å². The molecule has 10 heteroatoms. The van der Waals surface area contributed by atoms with Crippen molar-refractivity contribution in [2.75, 3.05) is 79.7 Å². The molecule has 2 aliphatic heterocycles. The fourth-order valence-corrected chi connectivity index (χ4v) is 6.60. The minimum Gasteiger partial charge on any atom is -0.504 e. The van der Waals surface area contributed by atoms with Crippen LogP contribution in [-0.4, -0.2) is 121 Å². The summed E-state index contributed by atoms with van der Waals surface area (Å²) in [6.45, 7) is 18.8. The molecule has 0 amide bonds. The summed E-state index contributed by atoms with van der Waals surface area (Å²) in [6.07, 6.45) is 1.33. The van der Waals surface area contributed by atoms with Crippen molar-refractivity contribution in [1.82, 2.24) is 19.6 Å². The van der Waals surface area contributed by atoms with Crippen LogP contribution in [0.4, 0.5) is 0 Å². The molecule has 2 aliphatic rings. The van der Waals surface area contributed by atoms with Crippen LogP contribution in [0, 0.1) is 5.41 Å². The Hall–Kier alpha value is -3.18. The number of rotatable bonds is 16. The summed E-state index contributed by atoms with van der Waals surface area (Å²) in [5, 5.41) is 21.7. The van der Waals surface area contributed by atoms with E-state index in [1.165, 1.54) is 14.2 Å². The summed E-state index contributed by atoms with van der Waals surface area (Å²) < 4.78 is 10.9. The molecule has 2 aromatic carbocycles. The van der Waals surface area contributed by atoms with E-state index in [9.17, 15) is 19.8 Å². The van der Waals surface area contributed by atoms with E-state index in [0.717, 1.165) is 87.7 Å². The molecular formula is C37H56N4O6. The highest BCUT2D eigenvalue weighted by Crippen LogP contribution is 2.35. The fourth-order valence-electron chi connectivity index (χ4n) is 6.60. The lowest BCUT2D eigenvalue weighted by Gasteiger charge is -2.34. The van der Waals surface area contributed by atoms with E-state index in [2.05, 4.69) is 33.4 Å². The zero-order valence-corrected chi connectivity index (χ0v) is 29.4. The molecule has 2 aromatic rings. The first-order chi connectivity index (χ1) is 22.5. The van der Waals surface area contributed by atoms with Crippen molar-refractivity contribution >= 4 is 11.6 Å². The summed E-state index contributed by atoms with van der Waals surface area (Å²) >= 11 is 0. The molecule has 0 bridgehead atoms. The van der Waals surface area contributed by atoms with Crippen molar-refractivity contribution in [2.45, 2.75) is 66.5 Å². The number of Topliss-reactive ketones (excluding diaryl/α,β-unsaturated/α-hetero) is 2. The summed E-state index contributed by atoms with van der Waals surface area (Å²) in [4.78, 5) is 36.4. The number of carbonyl (C=O) groups is 2. The number of hydrogen-bond acceptors (Lipinski definition) is 10. The third kappa shape index (κ3) is 9.47. The number of carbonyl (C=O) groups excluding carboxylic acids is 2. The number of aryl methyl sites for hydroxylation is 2. The van der Waals surface area contributed by atoms with Crippen LogP contribution in [0.2, 0.25) is 0 Å². The lowest BCUT2D eigenvalue weighted by Crippen LogP contribution is -2.45. The molecule has 10 nitrogen and oxygen atoms in total. The SMILES string of the molecule is CCN1CCN(Cc2cc(CCC(=O)C(C)(C)C(=O)CCc3cc(CN4CCN(CC)CC4)c(O)c(OC)c3)cc(OC)c2O)CC1. The molecule has 47 heavy (non-hydrogen) atoms. The third-order valence-corrected chi connectivity index (χ3v) is 10.2. The Morgan fingerprint density at radius 2 is 0.979 bits per heavy atom. The molecular weight excluding hydrogens is 596 g/mol. The van der Waals surface area contributed by atoms with Crippen molar-refractivity contribution in [3.63, 3.8) is 0 Å². The van der Waals surface area contributed by atoms with Crippen molar-refractivity contribution in [3.8, 4) is 23.0 Å². The van der Waals surface area contributed by atoms with Gasteiger partial charge in [-0.05, 0) is 63.0 Å². The molecule has 2 N–H and O–H groups in total. The smallest absolute Gasteiger partial charge is 0.162 e. The quantitative estimate of drug-likeness (QED) is 0.258. The van der Waals surface area contributed by atoms with E-state index < -0.39 is 5.41 Å². The molecule has 0 atom stereocenters. The number of phenols is 2. The highest BCUT2D eigenvalue weighted by molar-refractivity contribution is 6.06. The summed E-state index contributed by atoms with van der Waals surface area (Å²) in [5.74, 6) is 0.871. The predicted octanol–water partition coefficient (Wildman–Crippen LogP) is 4.12. The predicted molar refractivity (Wildman–Crippen MR) is 185 cm³/mol. The van der Waals surface area contributed by atoms with Gasteiger partial charge in [-0.15, -0.1) is 0 Å². The maximum Gasteiger partial charge on any atom is 0.162 e. The fraction of sp³-hybridized carbons (Fsp3) is 0.622. The van der Waals surface area contributed by atoms with Gasteiger partial charge in [0.2, 0.25) is 0 Å². The zero-order chi connectivity index (χ0) is 34.1. The molecule has 0 aliphatic carbocycles. The average molecular weight is 653 g/mol. The van der Waals surface area contributed by atoms with Crippen molar-refractivity contribution in [1.29, 1.82) is 0 Å². The van der Waals surface area contributed by atoms with E-state index in [1.54, 1.807) is 26.0 Å². The molecule has 2 saturated heterocycles. The summed E-state index contributed by atoms with van der Waals surface area (Å²) in [6, 6.07) is 7.50. The Kier molecular flexibility index (Phi) is 13.1. The van der Waals surface area contributed by atoms with Crippen LogP contribution >= 0.6 is 0 Å². The molecule has 0 aromatic heterocycles. The Balaban J connectivity index is 1.36. The van der Waals surface area contributed by atoms with Crippen LogP contribution in [0.15, 0.2) is 24.3 Å². The average Bonchev–Trinajstić information content (AvgIpc) is 3.08. The van der Waals surface area contributed by atoms with Crippen LogP contribution in [0.25, 0.3) is 0 Å². The van der Waals surface area contributed by atoms with Gasteiger partial charge in [0.05, 0.1) is 19.6 Å². The maximum atomic E-state index is 13.5. The molecule has 2 fully saturated rings. The van der Waals surface area contributed by atoms with Gasteiger partial charge in [0.25, 0.3) is 0 Å². The van der Waals surface area contributed by atoms with Crippen LogP contribution in [0.3, 0.4) is 0 Å². The first-order valence-electron chi connectivity index (χ1n) is 17.2. The van der Waals surface area contributed by atoms with Crippen molar-refractivity contribution in [2.24, 2.45) is 5.41 Å². The van der Waals surface area contributed by atoms with Gasteiger partial charge < -0.3 is 29.5 Å². The minimum atomic E-state index is -1.13. The van der Waals surface area contributed by atoms with Crippen LogP contribution in [-0.2, 0) is 35.5 Å². The topological polar surface area (TPSA) is 106 Å². The number of ketones is 2. The first-order valence-corrected chi connectivity index (χ1v) is 17.2. The number of phenolic OH excluding ortho intramolecular Hbond substituents is 2. The number of benzene rings is 2. The van der Waals surface area contributed by atoms with Gasteiger partial charge in [-0.2, -0.15) is 0 Å². The molecule has 0 saturated carbocycles. The van der Waals surface area contributed by atoms with E-state index >= 15 is 0 Å². The zero-order valence-electron chi connectivity index (χ0n) is 29.4. The van der Waals surface area contributed by atoms with Crippen LogP contribution < -0.4 is 9.47 Å².